The van der Waals surface area contributed by atoms with Gasteiger partial charge in [0.25, 0.3) is 5.91 Å². The van der Waals surface area contributed by atoms with Crippen molar-refractivity contribution in [2.24, 2.45) is 0 Å². The van der Waals surface area contributed by atoms with Crippen LogP contribution in [0.5, 0.6) is 17.2 Å². The lowest BCUT2D eigenvalue weighted by Crippen LogP contribution is -2.94. The van der Waals surface area contributed by atoms with Crippen molar-refractivity contribution < 1.29 is 24.3 Å². The van der Waals surface area contributed by atoms with E-state index in [1.54, 1.807) is 12.1 Å². The largest absolute Gasteiger partial charge is 0.493 e. The summed E-state index contributed by atoms with van der Waals surface area (Å²) in [6.07, 6.45) is 0.910. The average Bonchev–Trinajstić information content (AvgIpc) is 2.51. The zero-order chi connectivity index (χ0) is 17.5. The van der Waals surface area contributed by atoms with Gasteiger partial charge in [-0.25, -0.2) is 0 Å². The molecule has 0 radical (unpaired) electrons. The molecule has 0 aromatic heterocycles. The molecule has 0 saturated heterocycles. The number of amides is 1. The highest BCUT2D eigenvalue weighted by Crippen LogP contribution is 2.38. The molecule has 0 bridgehead atoms. The van der Waals surface area contributed by atoms with Gasteiger partial charge in [-0.3, -0.25) is 4.79 Å². The fourth-order valence-electron chi connectivity index (χ4n) is 2.15. The Kier molecular flexibility index (Phi) is 7.16. The molecule has 130 valence electrons. The van der Waals surface area contributed by atoms with Gasteiger partial charge in [-0.2, -0.15) is 0 Å². The second kappa shape index (κ2) is 8.62. The first kappa shape index (κ1) is 19.1. The fraction of sp³-hybridized carbons (Fsp3) is 0.588. The molecule has 6 nitrogen and oxygen atoms in total. The van der Waals surface area contributed by atoms with Crippen LogP contribution in [0, 0.1) is 0 Å². The van der Waals surface area contributed by atoms with Crippen molar-refractivity contribution in [1.29, 1.82) is 0 Å². The molecule has 1 aromatic carbocycles. The first-order valence-corrected chi connectivity index (χ1v) is 7.75. The Hall–Kier alpha value is -1.95. The van der Waals surface area contributed by atoms with Gasteiger partial charge in [0.15, 0.2) is 11.5 Å². The Morgan fingerprint density at radius 1 is 1.09 bits per heavy atom. The average molecular weight is 325 g/mol. The SMILES string of the molecule is COc1cc(C(=O)NCCC[NH2+]C(C)(C)C)cc(OC)c1OC. The molecule has 3 N–H and O–H groups in total. The quantitative estimate of drug-likeness (QED) is 0.704. The van der Waals surface area contributed by atoms with Gasteiger partial charge in [0.05, 0.1) is 33.4 Å². The number of carbonyl (C=O) groups is 1. The van der Waals surface area contributed by atoms with Crippen molar-refractivity contribution in [3.8, 4) is 17.2 Å². The van der Waals surface area contributed by atoms with Crippen LogP contribution in [0.25, 0.3) is 0 Å². The smallest absolute Gasteiger partial charge is 0.251 e. The monoisotopic (exact) mass is 325 g/mol. The highest BCUT2D eigenvalue weighted by atomic mass is 16.5. The molecule has 0 heterocycles. The number of quaternary nitrogens is 1. The number of methoxy groups -OCH3 is 3. The zero-order valence-electron chi connectivity index (χ0n) is 15.0. The number of carbonyl (C=O) groups excluding carboxylic acids is 1. The molecule has 0 aliphatic rings. The lowest BCUT2D eigenvalue weighted by molar-refractivity contribution is -0.717. The van der Waals surface area contributed by atoms with Crippen LogP contribution in [0.1, 0.15) is 37.6 Å². The summed E-state index contributed by atoms with van der Waals surface area (Å²) in [6, 6.07) is 3.30. The van der Waals surface area contributed by atoms with Crippen LogP contribution in [-0.2, 0) is 0 Å². The van der Waals surface area contributed by atoms with Gasteiger partial charge in [-0.15, -0.1) is 0 Å². The molecule has 1 amide bonds. The van der Waals surface area contributed by atoms with Gasteiger partial charge >= 0.3 is 0 Å². The predicted molar refractivity (Wildman–Crippen MR) is 89.6 cm³/mol. The van der Waals surface area contributed by atoms with Crippen LogP contribution >= 0.6 is 0 Å². The van der Waals surface area contributed by atoms with E-state index < -0.39 is 0 Å². The van der Waals surface area contributed by atoms with Crippen molar-refractivity contribution in [3.63, 3.8) is 0 Å². The molecular weight excluding hydrogens is 296 g/mol. The number of hydrogen-bond donors (Lipinski definition) is 2. The zero-order valence-corrected chi connectivity index (χ0v) is 15.0. The van der Waals surface area contributed by atoms with Crippen LogP contribution < -0.4 is 24.8 Å². The van der Waals surface area contributed by atoms with Gasteiger partial charge < -0.3 is 24.8 Å². The maximum atomic E-state index is 12.3. The Morgan fingerprint density at radius 2 is 1.65 bits per heavy atom. The third-order valence-corrected chi connectivity index (χ3v) is 3.35. The van der Waals surface area contributed by atoms with Crippen LogP contribution in [0.2, 0.25) is 0 Å². The van der Waals surface area contributed by atoms with Gasteiger partial charge in [0.1, 0.15) is 0 Å². The Bertz CT molecular complexity index is 499. The summed E-state index contributed by atoms with van der Waals surface area (Å²) in [4.78, 5) is 12.3. The number of ether oxygens (including phenoxy) is 3. The van der Waals surface area contributed by atoms with Crippen molar-refractivity contribution in [2.45, 2.75) is 32.7 Å². The molecule has 0 aliphatic heterocycles. The minimum Gasteiger partial charge on any atom is -0.493 e. The van der Waals surface area contributed by atoms with E-state index in [2.05, 4.69) is 31.4 Å². The maximum absolute atomic E-state index is 12.3. The Morgan fingerprint density at radius 3 is 2.09 bits per heavy atom. The normalized spacial score (nSPS) is 11.0. The fourth-order valence-corrected chi connectivity index (χ4v) is 2.15. The summed E-state index contributed by atoms with van der Waals surface area (Å²) in [6.45, 7) is 8.10. The van der Waals surface area contributed by atoms with E-state index in [-0.39, 0.29) is 11.4 Å². The standard InChI is InChI=1S/C17H28N2O4/c1-17(2,3)19-9-7-8-18-16(20)12-10-13(21-4)15(23-6)14(11-12)22-5/h10-11,19H,7-9H2,1-6H3,(H,18,20)/p+1. The summed E-state index contributed by atoms with van der Waals surface area (Å²) in [7, 11) is 4.59. The van der Waals surface area contributed by atoms with E-state index in [0.717, 1.165) is 13.0 Å². The summed E-state index contributed by atoms with van der Waals surface area (Å²) in [5, 5.41) is 5.18. The molecule has 0 atom stereocenters. The maximum Gasteiger partial charge on any atom is 0.251 e. The summed E-state index contributed by atoms with van der Waals surface area (Å²) >= 11 is 0. The van der Waals surface area contributed by atoms with Crippen molar-refractivity contribution in [1.82, 2.24) is 5.32 Å². The highest BCUT2D eigenvalue weighted by Gasteiger charge is 2.17. The Balaban J connectivity index is 2.66. The molecule has 6 heteroatoms. The lowest BCUT2D eigenvalue weighted by Gasteiger charge is -2.17. The number of hydrogen-bond acceptors (Lipinski definition) is 4. The van der Waals surface area contributed by atoms with Gasteiger partial charge in [0, 0.05) is 18.5 Å². The summed E-state index contributed by atoms with van der Waals surface area (Å²) in [5.74, 6) is 1.27. The molecule has 0 aliphatic carbocycles. The number of benzene rings is 1. The van der Waals surface area contributed by atoms with Crippen LogP contribution in [0.4, 0.5) is 0 Å². The molecule has 0 unspecified atom stereocenters. The minimum atomic E-state index is -0.153. The van der Waals surface area contributed by atoms with E-state index in [1.807, 2.05) is 0 Å². The first-order valence-electron chi connectivity index (χ1n) is 7.75. The molecule has 0 saturated carbocycles. The van der Waals surface area contributed by atoms with E-state index in [9.17, 15) is 4.79 Å². The summed E-state index contributed by atoms with van der Waals surface area (Å²) in [5.41, 5.74) is 0.695. The first-order chi connectivity index (χ1) is 10.8. The highest BCUT2D eigenvalue weighted by molar-refractivity contribution is 5.95. The van der Waals surface area contributed by atoms with Gasteiger partial charge in [0.2, 0.25) is 5.75 Å². The summed E-state index contributed by atoms with van der Waals surface area (Å²) < 4.78 is 15.8. The second-order valence-electron chi connectivity index (χ2n) is 6.38. The number of rotatable bonds is 8. The van der Waals surface area contributed by atoms with E-state index in [0.29, 0.717) is 29.4 Å². The van der Waals surface area contributed by atoms with E-state index >= 15 is 0 Å². The molecule has 1 rings (SSSR count). The Labute approximate surface area is 138 Å². The molecule has 1 aromatic rings. The van der Waals surface area contributed by atoms with Crippen molar-refractivity contribution in [2.75, 3.05) is 34.4 Å². The van der Waals surface area contributed by atoms with Crippen molar-refractivity contribution in [3.05, 3.63) is 17.7 Å². The predicted octanol–water partition coefficient (Wildman–Crippen LogP) is 1.19. The lowest BCUT2D eigenvalue weighted by atomic mass is 10.1. The van der Waals surface area contributed by atoms with Crippen LogP contribution in [0.15, 0.2) is 12.1 Å². The third-order valence-electron chi connectivity index (χ3n) is 3.35. The molecule has 0 fully saturated rings. The third kappa shape index (κ3) is 5.98. The topological polar surface area (TPSA) is 73.4 Å². The number of nitrogens with one attached hydrogen (secondary N) is 1. The second-order valence-corrected chi connectivity index (χ2v) is 6.38. The van der Waals surface area contributed by atoms with Crippen LogP contribution in [-0.4, -0.2) is 45.9 Å². The van der Waals surface area contributed by atoms with Gasteiger partial charge in [-0.1, -0.05) is 0 Å². The number of nitrogens with two attached hydrogens (primary N) is 1. The molecule has 23 heavy (non-hydrogen) atoms. The van der Waals surface area contributed by atoms with Gasteiger partial charge in [-0.05, 0) is 32.9 Å². The van der Waals surface area contributed by atoms with Crippen LogP contribution in [0.3, 0.4) is 0 Å². The van der Waals surface area contributed by atoms with E-state index in [4.69, 9.17) is 14.2 Å². The van der Waals surface area contributed by atoms with E-state index in [1.165, 1.54) is 21.3 Å². The molecular formula is C17H29N2O4+. The minimum absolute atomic E-state index is 0.153. The molecule has 0 spiro atoms. The van der Waals surface area contributed by atoms with Crippen molar-refractivity contribution >= 4 is 5.91 Å².